The molecule has 0 bridgehead atoms. The van der Waals surface area contributed by atoms with Crippen molar-refractivity contribution in [3.05, 3.63) is 95.4 Å². The maximum absolute atomic E-state index is 12.9. The largest absolute Gasteiger partial charge is 0.573 e. The first kappa shape index (κ1) is 32.3. The van der Waals surface area contributed by atoms with Gasteiger partial charge in [0, 0.05) is 29.2 Å². The zero-order valence-corrected chi connectivity index (χ0v) is 26.3. The van der Waals surface area contributed by atoms with E-state index in [1.807, 2.05) is 0 Å². The van der Waals surface area contributed by atoms with Crippen LogP contribution in [0.15, 0.2) is 78.2 Å². The first-order valence-electron chi connectivity index (χ1n) is 14.3. The van der Waals surface area contributed by atoms with Gasteiger partial charge >= 0.3 is 12.4 Å². The number of hydrogen-bond acceptors (Lipinski definition) is 6. The fourth-order valence-corrected chi connectivity index (χ4v) is 6.41. The third-order valence-corrected chi connectivity index (χ3v) is 8.21. The number of ether oxygens (including phenoxy) is 1. The van der Waals surface area contributed by atoms with Crippen molar-refractivity contribution >= 4 is 34.2 Å². The maximum Gasteiger partial charge on any atom is 0.573 e. The molecule has 236 valence electrons. The molecule has 2 amide bonds. The molecule has 0 spiro atoms. The van der Waals surface area contributed by atoms with E-state index >= 15 is 0 Å². The predicted molar refractivity (Wildman–Crippen MR) is 173 cm³/mol. The fourth-order valence-electron chi connectivity index (χ4n) is 5.21. The Bertz CT molecular complexity index is 1820. The van der Waals surface area contributed by atoms with Crippen LogP contribution < -0.4 is 15.0 Å². The summed E-state index contributed by atoms with van der Waals surface area (Å²) in [7, 11) is 0. The molecule has 13 heteroatoms. The summed E-state index contributed by atoms with van der Waals surface area (Å²) in [6.45, 7) is 8.31. The molecule has 1 aromatic heterocycles. The SMILES string of the molecule is Cc1cc(C)c(N2C(=NC(=O)N/C=C(\C#N)c3ccc(-c4ncn(-c5ccc(OC(F)(F)F)cc5)n4)cc3)SCCC2C)c(C)c1. The van der Waals surface area contributed by atoms with E-state index in [0.29, 0.717) is 27.8 Å². The lowest BCUT2D eigenvalue weighted by molar-refractivity contribution is -0.274. The lowest BCUT2D eigenvalue weighted by atomic mass is 10.0. The minimum Gasteiger partial charge on any atom is -0.406 e. The highest BCUT2D eigenvalue weighted by atomic mass is 32.2. The van der Waals surface area contributed by atoms with Gasteiger partial charge in [-0.1, -0.05) is 53.7 Å². The number of aliphatic imine (C=N–C) groups is 1. The van der Waals surface area contributed by atoms with E-state index in [9.17, 15) is 23.2 Å². The summed E-state index contributed by atoms with van der Waals surface area (Å²) in [6.07, 6.45) is -1.04. The number of rotatable bonds is 6. The number of aryl methyl sites for hydroxylation is 3. The van der Waals surface area contributed by atoms with Crippen molar-refractivity contribution in [2.45, 2.75) is 46.5 Å². The van der Waals surface area contributed by atoms with Gasteiger partial charge in [-0.25, -0.2) is 14.5 Å². The Labute approximate surface area is 268 Å². The molecule has 46 heavy (non-hydrogen) atoms. The number of carbonyl (C=O) groups excluding carboxylic acids is 1. The van der Waals surface area contributed by atoms with Gasteiger partial charge in [0.25, 0.3) is 0 Å². The minimum atomic E-state index is -4.77. The van der Waals surface area contributed by atoms with E-state index in [0.717, 1.165) is 29.0 Å². The number of aromatic nitrogens is 3. The number of halogens is 3. The lowest BCUT2D eigenvalue weighted by Gasteiger charge is -2.37. The van der Waals surface area contributed by atoms with Crippen molar-refractivity contribution in [2.24, 2.45) is 4.99 Å². The number of urea groups is 1. The van der Waals surface area contributed by atoms with Gasteiger partial charge in [0.15, 0.2) is 11.0 Å². The first-order valence-corrected chi connectivity index (χ1v) is 15.3. The number of allylic oxidation sites excluding steroid dienone is 1. The van der Waals surface area contributed by atoms with E-state index in [4.69, 9.17) is 0 Å². The number of hydrogen-bond donors (Lipinski definition) is 1. The van der Waals surface area contributed by atoms with Crippen molar-refractivity contribution < 1.29 is 22.7 Å². The van der Waals surface area contributed by atoms with Crippen molar-refractivity contribution in [1.29, 1.82) is 5.26 Å². The Morgan fingerprint density at radius 2 is 1.78 bits per heavy atom. The molecule has 3 aromatic carbocycles. The van der Waals surface area contributed by atoms with Gasteiger partial charge in [0.2, 0.25) is 0 Å². The number of amidine groups is 1. The molecule has 1 fully saturated rings. The monoisotopic (exact) mass is 645 g/mol. The van der Waals surface area contributed by atoms with Gasteiger partial charge in [-0.05, 0) is 75.1 Å². The molecule has 1 N–H and O–H groups in total. The highest BCUT2D eigenvalue weighted by molar-refractivity contribution is 8.14. The van der Waals surface area contributed by atoms with Crippen molar-refractivity contribution in [3.8, 4) is 28.9 Å². The van der Waals surface area contributed by atoms with E-state index in [1.165, 1.54) is 58.8 Å². The number of thioether (sulfide) groups is 1. The molecule has 1 atom stereocenters. The van der Waals surface area contributed by atoms with Crippen LogP contribution in [-0.2, 0) is 0 Å². The smallest absolute Gasteiger partial charge is 0.406 e. The average molecular weight is 646 g/mol. The summed E-state index contributed by atoms with van der Waals surface area (Å²) in [4.78, 5) is 23.7. The van der Waals surface area contributed by atoms with E-state index in [2.05, 4.69) is 75.9 Å². The molecule has 4 aromatic rings. The lowest BCUT2D eigenvalue weighted by Crippen LogP contribution is -2.42. The zero-order chi connectivity index (χ0) is 33.0. The van der Waals surface area contributed by atoms with Crippen LogP contribution in [0.5, 0.6) is 5.75 Å². The topological polar surface area (TPSA) is 108 Å². The summed E-state index contributed by atoms with van der Waals surface area (Å²) in [6, 6.07) is 18.0. The van der Waals surface area contributed by atoms with Crippen LogP contribution in [0.25, 0.3) is 22.6 Å². The molecule has 0 radical (unpaired) electrons. The Balaban J connectivity index is 1.28. The standard InChI is InChI=1S/C33H30F3N7O2S/c1-20-15-21(2)29(22(3)16-20)43-23(4)13-14-46-32(43)40-31(44)38-18-26(17-37)24-5-7-25(8-6-24)30-39-19-42(41-30)27-9-11-28(12-10-27)45-33(34,35)36/h5-12,15-16,18-19,23H,13-14H2,1-4H3,(H,38,44)/b26-18+,40-32?. The van der Waals surface area contributed by atoms with E-state index in [-0.39, 0.29) is 17.4 Å². The van der Waals surface area contributed by atoms with E-state index in [1.54, 1.807) is 24.3 Å². The summed E-state index contributed by atoms with van der Waals surface area (Å²) < 4.78 is 42.6. The highest BCUT2D eigenvalue weighted by Crippen LogP contribution is 2.34. The summed E-state index contributed by atoms with van der Waals surface area (Å²) in [5, 5.41) is 17.5. The molecule has 1 saturated heterocycles. The Morgan fingerprint density at radius 3 is 2.41 bits per heavy atom. The zero-order valence-electron chi connectivity index (χ0n) is 25.5. The number of nitriles is 1. The quantitative estimate of drug-likeness (QED) is 0.214. The fraction of sp³-hybridized carbons (Fsp3) is 0.242. The number of benzene rings is 3. The molecule has 1 aliphatic heterocycles. The maximum atomic E-state index is 12.9. The summed E-state index contributed by atoms with van der Waals surface area (Å²) >= 11 is 1.53. The predicted octanol–water partition coefficient (Wildman–Crippen LogP) is 7.72. The van der Waals surface area contributed by atoms with Crippen LogP contribution in [0.4, 0.5) is 23.7 Å². The molecule has 1 aliphatic rings. The van der Waals surface area contributed by atoms with Crippen LogP contribution >= 0.6 is 11.8 Å². The number of anilines is 1. The number of nitrogens with one attached hydrogen (secondary N) is 1. The van der Waals surface area contributed by atoms with Gasteiger partial charge in [0.05, 0.1) is 11.3 Å². The molecule has 9 nitrogen and oxygen atoms in total. The number of nitrogens with zero attached hydrogens (tertiary/aromatic N) is 6. The third kappa shape index (κ3) is 7.58. The van der Waals surface area contributed by atoms with E-state index < -0.39 is 12.4 Å². The molecular formula is C33H30F3N7O2S. The Kier molecular flexibility index (Phi) is 9.48. The average Bonchev–Trinajstić information content (AvgIpc) is 3.49. The van der Waals surface area contributed by atoms with Crippen molar-refractivity contribution in [1.82, 2.24) is 20.1 Å². The summed E-state index contributed by atoms with van der Waals surface area (Å²) in [5.74, 6) is 0.876. The summed E-state index contributed by atoms with van der Waals surface area (Å²) in [5.41, 5.74) is 6.39. The molecule has 1 unspecified atom stereocenters. The first-order chi connectivity index (χ1) is 21.9. The molecular weight excluding hydrogens is 615 g/mol. The molecule has 5 rings (SSSR count). The molecule has 0 aliphatic carbocycles. The van der Waals surface area contributed by atoms with Crippen LogP contribution in [-0.4, -0.2) is 44.1 Å². The molecule has 0 saturated carbocycles. The molecule has 2 heterocycles. The van der Waals surface area contributed by atoms with Crippen LogP contribution in [0.2, 0.25) is 0 Å². The Hall–Kier alpha value is -5.09. The normalized spacial score (nSPS) is 16.3. The third-order valence-electron chi connectivity index (χ3n) is 7.23. The second-order valence-electron chi connectivity index (χ2n) is 10.7. The highest BCUT2D eigenvalue weighted by Gasteiger charge is 2.31. The van der Waals surface area contributed by atoms with Gasteiger partial charge in [-0.15, -0.1) is 18.3 Å². The van der Waals surface area contributed by atoms with Crippen LogP contribution in [0, 0.1) is 32.1 Å². The van der Waals surface area contributed by atoms with Crippen LogP contribution in [0.3, 0.4) is 0 Å². The number of carbonyl (C=O) groups is 1. The second kappa shape index (κ2) is 13.5. The van der Waals surface area contributed by atoms with Gasteiger partial charge in [0.1, 0.15) is 18.1 Å². The minimum absolute atomic E-state index is 0.163. The van der Waals surface area contributed by atoms with Gasteiger partial charge in [-0.3, -0.25) is 0 Å². The van der Waals surface area contributed by atoms with Gasteiger partial charge < -0.3 is 15.0 Å². The number of amides is 2. The Morgan fingerprint density at radius 1 is 1.11 bits per heavy atom. The van der Waals surface area contributed by atoms with Crippen molar-refractivity contribution in [2.75, 3.05) is 10.7 Å². The van der Waals surface area contributed by atoms with Crippen molar-refractivity contribution in [3.63, 3.8) is 0 Å². The van der Waals surface area contributed by atoms with Crippen LogP contribution in [0.1, 0.15) is 35.6 Å². The van der Waals surface area contributed by atoms with Gasteiger partial charge in [-0.2, -0.15) is 10.3 Å². The second-order valence-corrected chi connectivity index (χ2v) is 11.8. The number of alkyl halides is 3.